The van der Waals surface area contributed by atoms with Gasteiger partial charge in [-0.05, 0) is 30.2 Å². The van der Waals surface area contributed by atoms with Crippen LogP contribution in [0.2, 0.25) is 0 Å². The fraction of sp³-hybridized carbons (Fsp3) is 0.217. The van der Waals surface area contributed by atoms with Crippen molar-refractivity contribution in [3.63, 3.8) is 0 Å². The highest BCUT2D eigenvalue weighted by Gasteiger charge is 2.65. The second-order valence-corrected chi connectivity index (χ2v) is 12.4. The first-order valence-corrected chi connectivity index (χ1v) is 14.2. The molecule has 4 heterocycles. The molecule has 14 heteroatoms. The van der Waals surface area contributed by atoms with Crippen LogP contribution in [0, 0.1) is 12.3 Å². The van der Waals surface area contributed by atoms with Gasteiger partial charge in [-0.1, -0.05) is 37.5 Å². The Morgan fingerprint density at radius 3 is 2.49 bits per heavy atom. The summed E-state index contributed by atoms with van der Waals surface area (Å²) < 4.78 is 79.2. The van der Waals surface area contributed by atoms with Crippen LogP contribution in [0.1, 0.15) is 23.5 Å². The van der Waals surface area contributed by atoms with Crippen molar-refractivity contribution in [2.45, 2.75) is 22.6 Å². The first-order chi connectivity index (χ1) is 17.3. The molecule has 1 atom stereocenters. The van der Waals surface area contributed by atoms with Gasteiger partial charge in [-0.3, -0.25) is 4.21 Å². The third-order valence-electron chi connectivity index (χ3n) is 5.82. The zero-order valence-electron chi connectivity index (χ0n) is 19.0. The Kier molecular flexibility index (Phi) is 5.57. The van der Waals surface area contributed by atoms with Crippen LogP contribution < -0.4 is 10.2 Å². The van der Waals surface area contributed by atoms with E-state index in [9.17, 15) is 23.6 Å². The zero-order valence-corrected chi connectivity index (χ0v) is 20.6. The predicted molar refractivity (Wildman–Crippen MR) is 133 cm³/mol. The Morgan fingerprint density at radius 1 is 1.08 bits per heavy atom. The summed E-state index contributed by atoms with van der Waals surface area (Å²) >= 11 is 0. The number of fused-ring (bicyclic) bond motifs is 1. The molecule has 2 aromatic heterocycles. The molecule has 0 saturated heterocycles. The molecule has 0 saturated carbocycles. The summed E-state index contributed by atoms with van der Waals surface area (Å²) in [6, 6.07) is 2.74. The second-order valence-electron chi connectivity index (χ2n) is 8.43. The predicted octanol–water partition coefficient (Wildman–Crippen LogP) is 5.61. The number of terminal acetylenes is 1. The van der Waals surface area contributed by atoms with Gasteiger partial charge in [0, 0.05) is 43.3 Å². The maximum absolute atomic E-state index is 13.3. The average Bonchev–Trinajstić information content (AvgIpc) is 3.24. The average molecular weight is 555 g/mol. The molecule has 5 rings (SSSR count). The molecule has 0 spiro atoms. The first-order valence-electron chi connectivity index (χ1n) is 10.9. The molecule has 194 valence electrons. The van der Waals surface area contributed by atoms with Gasteiger partial charge in [0.2, 0.25) is 5.95 Å². The third kappa shape index (κ3) is 5.28. The van der Waals surface area contributed by atoms with E-state index in [1.165, 1.54) is 6.07 Å². The van der Waals surface area contributed by atoms with Crippen molar-refractivity contribution in [3.05, 3.63) is 59.8 Å². The van der Waals surface area contributed by atoms with Crippen LogP contribution in [0.5, 0.6) is 0 Å². The molecular formula is C23H19F5N6OS2. The largest absolute Gasteiger partial charge is 0.339 e. The van der Waals surface area contributed by atoms with Gasteiger partial charge >= 0.3 is 10.2 Å². The summed E-state index contributed by atoms with van der Waals surface area (Å²) in [4.78, 5) is 17.6. The van der Waals surface area contributed by atoms with Gasteiger partial charge in [0.15, 0.2) is 11.6 Å². The number of rotatable bonds is 5. The fourth-order valence-corrected chi connectivity index (χ4v) is 5.97. The van der Waals surface area contributed by atoms with Crippen molar-refractivity contribution in [1.82, 2.24) is 19.9 Å². The maximum atomic E-state index is 13.3. The number of benzene rings is 1. The standard InChI is InChI=1S/C23H19F5N6OS2/c1-2-15-13-29-21(30-14-15)16-6-9-34(10-7-16)23-32-19-8-11-36(35)20(19)22(33-23)31-17-4-3-5-18(12-17)37(24,25,26,27)28/h1,3-6,12-14H,7-11H2,(H,31,32,33)/t36-/m1/s1. The number of anilines is 3. The highest BCUT2D eigenvalue weighted by Crippen LogP contribution is 3.02. The molecule has 2 aliphatic rings. The van der Waals surface area contributed by atoms with E-state index in [4.69, 9.17) is 6.42 Å². The van der Waals surface area contributed by atoms with Crippen LogP contribution in [-0.2, 0) is 17.2 Å². The minimum Gasteiger partial charge on any atom is -0.339 e. The quantitative estimate of drug-likeness (QED) is 0.324. The number of hydrogen-bond donors (Lipinski definition) is 1. The lowest BCUT2D eigenvalue weighted by Crippen LogP contribution is -2.30. The summed E-state index contributed by atoms with van der Waals surface area (Å²) in [7, 11) is -11.4. The van der Waals surface area contributed by atoms with E-state index in [0.29, 0.717) is 55.1 Å². The van der Waals surface area contributed by atoms with E-state index in [1.54, 1.807) is 12.4 Å². The van der Waals surface area contributed by atoms with Crippen molar-refractivity contribution in [1.29, 1.82) is 0 Å². The minimum atomic E-state index is -9.88. The number of aryl methyl sites for hydroxylation is 1. The highest BCUT2D eigenvalue weighted by atomic mass is 32.5. The lowest BCUT2D eigenvalue weighted by Gasteiger charge is -2.40. The number of hydrogen-bond acceptors (Lipinski definition) is 7. The smallest absolute Gasteiger partial charge is 0.310 e. The normalized spacial score (nSPS) is 19.3. The van der Waals surface area contributed by atoms with E-state index in [2.05, 4.69) is 31.2 Å². The first kappa shape index (κ1) is 25.1. The molecule has 2 aliphatic heterocycles. The molecule has 1 N–H and O–H groups in total. The van der Waals surface area contributed by atoms with Crippen LogP contribution in [-0.4, -0.2) is 43.0 Å². The Hall–Kier alpha value is -3.57. The minimum absolute atomic E-state index is 0.0260. The lowest BCUT2D eigenvalue weighted by atomic mass is 10.1. The van der Waals surface area contributed by atoms with Crippen molar-refractivity contribution >= 4 is 44.1 Å². The van der Waals surface area contributed by atoms with Gasteiger partial charge in [0.25, 0.3) is 0 Å². The van der Waals surface area contributed by atoms with Crippen LogP contribution in [0.25, 0.3) is 5.57 Å². The van der Waals surface area contributed by atoms with Crippen molar-refractivity contribution in [2.75, 3.05) is 29.1 Å². The lowest BCUT2D eigenvalue weighted by molar-refractivity contribution is 0.364. The fourth-order valence-electron chi connectivity index (χ4n) is 3.98. The Labute approximate surface area is 211 Å². The van der Waals surface area contributed by atoms with Gasteiger partial charge in [-0.15, -0.1) is 6.42 Å². The maximum Gasteiger partial charge on any atom is 0.310 e. The van der Waals surface area contributed by atoms with E-state index in [-0.39, 0.29) is 28.1 Å². The number of aromatic nitrogens is 4. The second kappa shape index (κ2) is 8.22. The Morgan fingerprint density at radius 2 is 1.84 bits per heavy atom. The summed E-state index contributed by atoms with van der Waals surface area (Å²) in [5.41, 5.74) is 1.72. The van der Waals surface area contributed by atoms with Crippen LogP contribution >= 0.6 is 10.2 Å². The summed E-state index contributed by atoms with van der Waals surface area (Å²) in [6.07, 6.45) is 11.3. The molecule has 3 aromatic rings. The molecule has 0 aliphatic carbocycles. The van der Waals surface area contributed by atoms with E-state index < -0.39 is 25.9 Å². The van der Waals surface area contributed by atoms with Gasteiger partial charge in [0.1, 0.15) is 9.79 Å². The Bertz CT molecular complexity index is 1500. The molecule has 0 radical (unpaired) electrons. The molecule has 0 amide bonds. The van der Waals surface area contributed by atoms with Crippen LogP contribution in [0.15, 0.2) is 52.5 Å². The third-order valence-corrected chi connectivity index (χ3v) is 8.42. The van der Waals surface area contributed by atoms with Crippen LogP contribution in [0.4, 0.5) is 36.9 Å². The van der Waals surface area contributed by atoms with Gasteiger partial charge in [-0.25, -0.2) is 15.0 Å². The summed E-state index contributed by atoms with van der Waals surface area (Å²) in [5.74, 6) is 3.60. The van der Waals surface area contributed by atoms with Gasteiger partial charge < -0.3 is 10.2 Å². The topological polar surface area (TPSA) is 83.9 Å². The van der Waals surface area contributed by atoms with Crippen molar-refractivity contribution in [2.24, 2.45) is 0 Å². The molecule has 1 aromatic carbocycles. The summed E-state index contributed by atoms with van der Waals surface area (Å²) in [5, 5.41) is 2.67. The highest BCUT2D eigenvalue weighted by molar-refractivity contribution is 8.45. The summed E-state index contributed by atoms with van der Waals surface area (Å²) in [6.45, 7) is 0.893. The molecule has 0 unspecified atom stereocenters. The van der Waals surface area contributed by atoms with E-state index in [1.807, 2.05) is 11.0 Å². The molecule has 37 heavy (non-hydrogen) atoms. The van der Waals surface area contributed by atoms with E-state index >= 15 is 0 Å². The van der Waals surface area contributed by atoms with Crippen LogP contribution in [0.3, 0.4) is 0 Å². The van der Waals surface area contributed by atoms with Gasteiger partial charge in [-0.2, -0.15) is 4.98 Å². The van der Waals surface area contributed by atoms with Gasteiger partial charge in [0.05, 0.1) is 22.1 Å². The molecular weight excluding hydrogens is 535 g/mol. The monoisotopic (exact) mass is 554 g/mol. The SMILES string of the molecule is C#Cc1cnc(C2=CCN(c3nc4c(c(Nc5cccc(S(F)(F)(F)(F)F)c5)n3)[S@](=O)CC4)CC2)nc1. The molecule has 0 bridgehead atoms. The number of halogens is 5. The van der Waals surface area contributed by atoms with E-state index in [0.717, 1.165) is 11.6 Å². The molecule has 7 nitrogen and oxygen atoms in total. The number of nitrogens with one attached hydrogen (secondary N) is 1. The number of nitrogens with zero attached hydrogens (tertiary/aromatic N) is 5. The Balaban J connectivity index is 1.44. The zero-order chi connectivity index (χ0) is 26.5. The van der Waals surface area contributed by atoms with Crippen molar-refractivity contribution < 1.29 is 23.6 Å². The molecule has 0 fully saturated rings. The van der Waals surface area contributed by atoms with Crippen molar-refractivity contribution in [3.8, 4) is 12.3 Å².